The highest BCUT2D eigenvalue weighted by Gasteiger charge is 2.91. The first-order valence-corrected chi connectivity index (χ1v) is 14.8. The van der Waals surface area contributed by atoms with E-state index in [0.717, 1.165) is 54.9 Å². The smallest absolute Gasteiger partial charge is 0.0793 e. The van der Waals surface area contributed by atoms with E-state index in [1.54, 1.807) is 5.57 Å². The van der Waals surface area contributed by atoms with Gasteiger partial charge in [0.05, 0.1) is 17.8 Å². The zero-order valence-corrected chi connectivity index (χ0v) is 21.3. The molecule has 7 fully saturated rings. The van der Waals surface area contributed by atoms with Crippen LogP contribution in [0.3, 0.4) is 0 Å². The summed E-state index contributed by atoms with van der Waals surface area (Å²) in [5.41, 5.74) is 3.24. The predicted molar refractivity (Wildman–Crippen MR) is 130 cm³/mol. The monoisotopic (exact) mass is 471 g/mol. The molecule has 0 amide bonds. The van der Waals surface area contributed by atoms with E-state index in [9.17, 15) is 5.11 Å². The van der Waals surface area contributed by atoms with Crippen molar-refractivity contribution in [1.82, 2.24) is 4.90 Å². The molecule has 8 rings (SSSR count). The van der Waals surface area contributed by atoms with Gasteiger partial charge in [0.25, 0.3) is 0 Å². The van der Waals surface area contributed by atoms with Crippen LogP contribution in [0.4, 0.5) is 0 Å². The van der Waals surface area contributed by atoms with Crippen LogP contribution in [-0.4, -0.2) is 52.8 Å². The number of allylic oxidation sites excluding steroid dienone is 1. The van der Waals surface area contributed by atoms with Gasteiger partial charge in [-0.1, -0.05) is 25.5 Å². The third kappa shape index (κ3) is 2.24. The van der Waals surface area contributed by atoms with Crippen molar-refractivity contribution < 1.29 is 9.84 Å². The molecule has 0 aromatic rings. The minimum atomic E-state index is -0.0980. The molecule has 0 aromatic carbocycles. The van der Waals surface area contributed by atoms with Gasteiger partial charge < -0.3 is 9.84 Å². The Balaban J connectivity index is 1.12. The van der Waals surface area contributed by atoms with Crippen LogP contribution in [0.2, 0.25) is 0 Å². The molecule has 12 atom stereocenters. The van der Waals surface area contributed by atoms with Gasteiger partial charge >= 0.3 is 0 Å². The lowest BCUT2D eigenvalue weighted by Crippen LogP contribution is -2.64. The number of alkyl halides is 1. The molecule has 2 heterocycles. The van der Waals surface area contributed by atoms with Gasteiger partial charge in [0.2, 0.25) is 0 Å². The van der Waals surface area contributed by atoms with Crippen molar-refractivity contribution in [3.8, 4) is 0 Å². The van der Waals surface area contributed by atoms with Gasteiger partial charge in [-0.25, -0.2) is 0 Å². The molecule has 1 N–H and O–H groups in total. The van der Waals surface area contributed by atoms with Crippen LogP contribution in [0.25, 0.3) is 0 Å². The summed E-state index contributed by atoms with van der Waals surface area (Å²) >= 11 is 6.26. The molecule has 3 nitrogen and oxygen atoms in total. The number of aliphatic hydroxyl groups excluding tert-OH is 1. The fourth-order valence-corrected chi connectivity index (χ4v) is 12.5. The van der Waals surface area contributed by atoms with Crippen LogP contribution in [0.5, 0.6) is 0 Å². The van der Waals surface area contributed by atoms with Crippen LogP contribution >= 0.6 is 11.6 Å². The normalized spacial score (nSPS) is 62.5. The zero-order valence-electron chi connectivity index (χ0n) is 20.6. The lowest BCUT2D eigenvalue weighted by atomic mass is 9.47. The van der Waals surface area contributed by atoms with Crippen molar-refractivity contribution in [2.75, 3.05) is 19.0 Å². The molecular weight excluding hydrogens is 430 g/mol. The number of likely N-dealkylation sites (tertiary alicyclic amines) is 1. The average Bonchev–Trinajstić information content (AvgIpc) is 3.25. The molecule has 4 heteroatoms. The number of halogens is 1. The van der Waals surface area contributed by atoms with E-state index >= 15 is 0 Å². The molecule has 0 bridgehead atoms. The Kier molecular flexibility index (Phi) is 4.09. The molecular formula is C29H42ClNO2. The maximum absolute atomic E-state index is 10.4. The molecule has 2 saturated heterocycles. The number of hydrogen-bond donors (Lipinski definition) is 1. The van der Waals surface area contributed by atoms with Gasteiger partial charge in [0.15, 0.2) is 0 Å². The second-order valence-electron chi connectivity index (χ2n) is 14.2. The number of ether oxygens (including phenoxy) is 1. The molecule has 0 aromatic heterocycles. The Morgan fingerprint density at radius 2 is 2.06 bits per heavy atom. The Labute approximate surface area is 204 Å². The first-order chi connectivity index (χ1) is 15.9. The topological polar surface area (TPSA) is 32.7 Å². The standard InChI is InChI=1S/C29H42ClNO2/c1-17-11-24-25(31(15-17)10-9-30)23-14-28-16-27(28)13-22-20(21(27)6-8-29(23,28)33-24)4-3-18-12-19(32)5-7-26(18,22)2/h3,17,19-25,32H,4-16H2,1-2H3/t17-,19-,20-,21-,22-,23+,24+,25-,26-,27?,28?,29+/m0/s1. The highest BCUT2D eigenvalue weighted by atomic mass is 35.5. The van der Waals surface area contributed by atoms with Gasteiger partial charge in [-0.2, -0.15) is 0 Å². The summed E-state index contributed by atoms with van der Waals surface area (Å²) in [5.74, 6) is 4.90. The molecule has 6 aliphatic carbocycles. The summed E-state index contributed by atoms with van der Waals surface area (Å²) in [7, 11) is 0. The minimum absolute atomic E-state index is 0.0980. The number of fused-ring (bicyclic) bond motifs is 6. The number of nitrogens with zero attached hydrogens (tertiary/aromatic N) is 1. The van der Waals surface area contributed by atoms with Crippen LogP contribution in [0.15, 0.2) is 11.6 Å². The van der Waals surface area contributed by atoms with Gasteiger partial charge in [0.1, 0.15) is 0 Å². The third-order valence-corrected chi connectivity index (χ3v) is 13.5. The van der Waals surface area contributed by atoms with Gasteiger partial charge in [-0.15, -0.1) is 11.6 Å². The number of aliphatic hydroxyl groups is 1. The molecule has 33 heavy (non-hydrogen) atoms. The summed E-state index contributed by atoms with van der Waals surface area (Å²) in [6, 6.07) is 0.633. The largest absolute Gasteiger partial charge is 0.393 e. The van der Waals surface area contributed by atoms with Crippen LogP contribution < -0.4 is 0 Å². The number of piperidine rings is 1. The lowest BCUT2D eigenvalue weighted by Gasteiger charge is -2.60. The van der Waals surface area contributed by atoms with Crippen molar-refractivity contribution >= 4 is 11.6 Å². The van der Waals surface area contributed by atoms with Crippen LogP contribution in [-0.2, 0) is 4.74 Å². The third-order valence-electron chi connectivity index (χ3n) is 13.3. The second kappa shape index (κ2) is 6.42. The zero-order chi connectivity index (χ0) is 22.4. The van der Waals surface area contributed by atoms with E-state index in [1.807, 2.05) is 0 Å². The predicted octanol–water partition coefficient (Wildman–Crippen LogP) is 5.40. The van der Waals surface area contributed by atoms with E-state index in [4.69, 9.17) is 16.3 Å². The quantitative estimate of drug-likeness (QED) is 0.432. The van der Waals surface area contributed by atoms with E-state index < -0.39 is 0 Å². The van der Waals surface area contributed by atoms with Crippen molar-refractivity contribution in [2.45, 2.75) is 102 Å². The second-order valence-corrected chi connectivity index (χ2v) is 14.6. The highest BCUT2D eigenvalue weighted by molar-refractivity contribution is 6.18. The fraction of sp³-hybridized carbons (Fsp3) is 0.931. The number of rotatable bonds is 2. The summed E-state index contributed by atoms with van der Waals surface area (Å²) in [6.07, 6.45) is 15.7. The minimum Gasteiger partial charge on any atom is -0.393 e. The SMILES string of the molecule is C[C@H]1C[C@H]2O[C@@]34CC[C@H]5[C@@H]6CC=C7C[C@@H](O)CC[C@]7(C)[C@H]6CC56CC63C[C@@H]4[C@@H]2N(CCCl)C1. The number of hydrogen-bond acceptors (Lipinski definition) is 3. The Morgan fingerprint density at radius 3 is 2.91 bits per heavy atom. The Morgan fingerprint density at radius 1 is 1.18 bits per heavy atom. The summed E-state index contributed by atoms with van der Waals surface area (Å²) in [5, 5.41) is 10.4. The van der Waals surface area contributed by atoms with E-state index in [0.29, 0.717) is 28.4 Å². The fourth-order valence-electron chi connectivity index (χ4n) is 12.2. The highest BCUT2D eigenvalue weighted by Crippen LogP contribution is 2.93. The molecule has 2 aliphatic heterocycles. The maximum atomic E-state index is 10.4. The van der Waals surface area contributed by atoms with Crippen molar-refractivity contribution in [3.63, 3.8) is 0 Å². The van der Waals surface area contributed by atoms with E-state index in [2.05, 4.69) is 24.8 Å². The summed E-state index contributed by atoms with van der Waals surface area (Å²) in [6.45, 7) is 7.24. The van der Waals surface area contributed by atoms with Crippen LogP contribution in [0, 0.1) is 45.8 Å². The van der Waals surface area contributed by atoms with Gasteiger partial charge in [0, 0.05) is 36.3 Å². The van der Waals surface area contributed by atoms with Gasteiger partial charge in [-0.05, 0) is 98.7 Å². The Bertz CT molecular complexity index is 921. The Hall–Kier alpha value is -0.0900. The van der Waals surface area contributed by atoms with Crippen molar-refractivity contribution in [3.05, 3.63) is 11.6 Å². The first kappa shape index (κ1) is 21.0. The molecule has 0 radical (unpaired) electrons. The molecule has 3 spiro atoms. The maximum Gasteiger partial charge on any atom is 0.0793 e. The van der Waals surface area contributed by atoms with E-state index in [1.165, 1.54) is 57.9 Å². The summed E-state index contributed by atoms with van der Waals surface area (Å²) in [4.78, 5) is 2.73. The average molecular weight is 472 g/mol. The summed E-state index contributed by atoms with van der Waals surface area (Å²) < 4.78 is 7.32. The molecule has 182 valence electrons. The van der Waals surface area contributed by atoms with Crippen LogP contribution in [0.1, 0.15) is 78.1 Å². The molecule has 8 aliphatic rings. The molecule has 2 unspecified atom stereocenters. The van der Waals surface area contributed by atoms with Crippen molar-refractivity contribution in [1.29, 1.82) is 0 Å². The van der Waals surface area contributed by atoms with Gasteiger partial charge in [-0.3, -0.25) is 4.90 Å². The lowest BCUT2D eigenvalue weighted by molar-refractivity contribution is -0.211. The molecule has 5 saturated carbocycles. The first-order valence-electron chi connectivity index (χ1n) is 14.2. The van der Waals surface area contributed by atoms with E-state index in [-0.39, 0.29) is 11.7 Å². The van der Waals surface area contributed by atoms with Crippen molar-refractivity contribution in [2.24, 2.45) is 45.8 Å².